The fourth-order valence-corrected chi connectivity index (χ4v) is 2.14. The van der Waals surface area contributed by atoms with Crippen molar-refractivity contribution >= 4 is 17.1 Å². The zero-order valence-electron chi connectivity index (χ0n) is 11.5. The topological polar surface area (TPSA) is 98.2 Å². The number of halogens is 2. The lowest BCUT2D eigenvalue weighted by atomic mass is 10.1. The van der Waals surface area contributed by atoms with Crippen molar-refractivity contribution in [1.29, 1.82) is 0 Å². The van der Waals surface area contributed by atoms with Crippen LogP contribution in [0.2, 0.25) is 0 Å². The first kappa shape index (κ1) is 14.8. The number of carboxylic acids is 1. The summed E-state index contributed by atoms with van der Waals surface area (Å²) < 4.78 is 32.7. The van der Waals surface area contributed by atoms with Crippen molar-refractivity contribution in [1.82, 2.24) is 14.7 Å². The SMILES string of the molecule is O=C(O)CCn1cnc2onc(-c3cc(F)cc(F)c3)c2c1=O. The number of benzene rings is 1. The number of rotatable bonds is 4. The van der Waals surface area contributed by atoms with E-state index in [0.717, 1.165) is 23.0 Å². The van der Waals surface area contributed by atoms with Crippen LogP contribution in [0.4, 0.5) is 8.78 Å². The van der Waals surface area contributed by atoms with Gasteiger partial charge in [0, 0.05) is 18.2 Å². The standard InChI is InChI=1S/C14H9F2N3O4/c15-8-3-7(4-9(16)5-8)12-11-13(23-18-12)17-6-19(14(11)22)2-1-10(20)21/h3-6H,1-2H2,(H,20,21). The Balaban J connectivity index is 2.17. The molecule has 0 unspecified atom stereocenters. The van der Waals surface area contributed by atoms with Crippen molar-refractivity contribution in [2.24, 2.45) is 0 Å². The second-order valence-corrected chi connectivity index (χ2v) is 4.76. The third kappa shape index (κ3) is 2.80. The summed E-state index contributed by atoms with van der Waals surface area (Å²) in [6.45, 7) is -0.0980. The van der Waals surface area contributed by atoms with Gasteiger partial charge in [-0.15, -0.1) is 0 Å². The molecule has 7 nitrogen and oxygen atoms in total. The number of hydrogen-bond acceptors (Lipinski definition) is 5. The Morgan fingerprint density at radius 2 is 1.96 bits per heavy atom. The summed E-state index contributed by atoms with van der Waals surface area (Å²) >= 11 is 0. The number of nitrogens with zero attached hydrogens (tertiary/aromatic N) is 3. The third-order valence-electron chi connectivity index (χ3n) is 3.17. The van der Waals surface area contributed by atoms with E-state index < -0.39 is 23.2 Å². The van der Waals surface area contributed by atoms with Crippen molar-refractivity contribution in [3.05, 3.63) is 46.5 Å². The quantitative estimate of drug-likeness (QED) is 0.787. The Kier molecular flexibility index (Phi) is 3.61. The van der Waals surface area contributed by atoms with Crippen molar-refractivity contribution in [2.75, 3.05) is 0 Å². The molecule has 0 aliphatic rings. The monoisotopic (exact) mass is 321 g/mol. The molecule has 0 saturated heterocycles. The van der Waals surface area contributed by atoms with E-state index in [4.69, 9.17) is 9.63 Å². The zero-order chi connectivity index (χ0) is 16.6. The first-order chi connectivity index (χ1) is 11.0. The van der Waals surface area contributed by atoms with Gasteiger partial charge in [0.05, 0.1) is 6.42 Å². The molecule has 3 aromatic rings. The molecule has 0 aliphatic heterocycles. The van der Waals surface area contributed by atoms with Gasteiger partial charge < -0.3 is 9.63 Å². The molecule has 1 N–H and O–H groups in total. The molecule has 2 heterocycles. The van der Waals surface area contributed by atoms with E-state index in [2.05, 4.69) is 10.1 Å². The highest BCUT2D eigenvalue weighted by Crippen LogP contribution is 2.25. The summed E-state index contributed by atoms with van der Waals surface area (Å²) in [7, 11) is 0. The lowest BCUT2D eigenvalue weighted by Gasteiger charge is -2.03. The Bertz CT molecular complexity index is 944. The van der Waals surface area contributed by atoms with Crippen LogP contribution in [-0.4, -0.2) is 25.8 Å². The molecule has 3 rings (SSSR count). The summed E-state index contributed by atoms with van der Waals surface area (Å²) in [6, 6.07) is 2.71. The highest BCUT2D eigenvalue weighted by atomic mass is 19.1. The van der Waals surface area contributed by atoms with Crippen molar-refractivity contribution in [2.45, 2.75) is 13.0 Å². The minimum atomic E-state index is -1.07. The number of carbonyl (C=O) groups is 1. The molecule has 0 aliphatic carbocycles. The van der Waals surface area contributed by atoms with Crippen LogP contribution in [0.5, 0.6) is 0 Å². The number of carboxylic acid groups (broad SMARTS) is 1. The second-order valence-electron chi connectivity index (χ2n) is 4.76. The third-order valence-corrected chi connectivity index (χ3v) is 3.17. The van der Waals surface area contributed by atoms with Crippen molar-refractivity contribution < 1.29 is 23.2 Å². The molecule has 0 atom stereocenters. The molecule has 0 saturated carbocycles. The molecule has 23 heavy (non-hydrogen) atoms. The van der Waals surface area contributed by atoms with Crippen molar-refractivity contribution in [3.8, 4) is 11.3 Å². The predicted octanol–water partition coefficient (Wildman–Crippen LogP) is 1.80. The van der Waals surface area contributed by atoms with E-state index in [1.165, 1.54) is 0 Å². The zero-order valence-corrected chi connectivity index (χ0v) is 11.5. The minimum absolute atomic E-state index is 0.0242. The number of aromatic nitrogens is 3. The summed E-state index contributed by atoms with van der Waals surface area (Å²) in [5, 5.41) is 12.3. The number of fused-ring (bicyclic) bond motifs is 1. The van der Waals surface area contributed by atoms with E-state index in [1.54, 1.807) is 0 Å². The smallest absolute Gasteiger partial charge is 0.305 e. The van der Waals surface area contributed by atoms with Gasteiger partial charge in [0.15, 0.2) is 0 Å². The number of aryl methyl sites for hydroxylation is 1. The van der Waals surface area contributed by atoms with Crippen LogP contribution in [0.25, 0.3) is 22.4 Å². The van der Waals surface area contributed by atoms with Crippen LogP contribution >= 0.6 is 0 Å². The molecule has 1 aromatic carbocycles. The van der Waals surface area contributed by atoms with Gasteiger partial charge in [-0.25, -0.2) is 13.8 Å². The summed E-state index contributed by atoms with van der Waals surface area (Å²) in [5.41, 5.74) is -0.727. The summed E-state index contributed by atoms with van der Waals surface area (Å²) in [6.07, 6.45) is 0.858. The number of hydrogen-bond donors (Lipinski definition) is 1. The normalized spacial score (nSPS) is 11.0. The van der Waals surface area contributed by atoms with Crippen LogP contribution in [0.15, 0.2) is 33.8 Å². The molecule has 0 bridgehead atoms. The van der Waals surface area contributed by atoms with Crippen molar-refractivity contribution in [3.63, 3.8) is 0 Å². The average Bonchev–Trinajstić information content (AvgIpc) is 2.90. The second kappa shape index (κ2) is 5.59. The summed E-state index contributed by atoms with van der Waals surface area (Å²) in [5.74, 6) is -2.73. The number of aliphatic carboxylic acids is 1. The molecule has 0 amide bonds. The highest BCUT2D eigenvalue weighted by Gasteiger charge is 2.18. The predicted molar refractivity (Wildman–Crippen MR) is 73.7 cm³/mol. The van der Waals surface area contributed by atoms with Gasteiger partial charge in [0.1, 0.15) is 29.0 Å². The fourth-order valence-electron chi connectivity index (χ4n) is 2.14. The van der Waals surface area contributed by atoms with E-state index in [1.807, 2.05) is 0 Å². The lowest BCUT2D eigenvalue weighted by Crippen LogP contribution is -2.21. The van der Waals surface area contributed by atoms with E-state index in [9.17, 15) is 18.4 Å². The van der Waals surface area contributed by atoms with E-state index in [0.29, 0.717) is 6.07 Å². The van der Waals surface area contributed by atoms with Gasteiger partial charge in [0.25, 0.3) is 11.3 Å². The Morgan fingerprint density at radius 3 is 2.61 bits per heavy atom. The van der Waals surface area contributed by atoms with Crippen LogP contribution < -0.4 is 5.56 Å². The molecule has 0 spiro atoms. The van der Waals surface area contributed by atoms with Gasteiger partial charge in [-0.3, -0.25) is 14.2 Å². The molecular formula is C14H9F2N3O4. The molecule has 0 radical (unpaired) electrons. The Morgan fingerprint density at radius 1 is 1.26 bits per heavy atom. The fraction of sp³-hybridized carbons (Fsp3) is 0.143. The van der Waals surface area contributed by atoms with Gasteiger partial charge in [-0.05, 0) is 12.1 Å². The first-order valence-electron chi connectivity index (χ1n) is 6.49. The van der Waals surface area contributed by atoms with Gasteiger partial charge in [-0.2, -0.15) is 0 Å². The molecule has 9 heteroatoms. The maximum atomic E-state index is 13.3. The maximum absolute atomic E-state index is 13.3. The van der Waals surface area contributed by atoms with Crippen LogP contribution in [0.1, 0.15) is 6.42 Å². The largest absolute Gasteiger partial charge is 0.481 e. The van der Waals surface area contributed by atoms with Gasteiger partial charge >= 0.3 is 5.97 Å². The van der Waals surface area contributed by atoms with Crippen LogP contribution in [0.3, 0.4) is 0 Å². The molecule has 0 fully saturated rings. The highest BCUT2D eigenvalue weighted by molar-refractivity contribution is 5.88. The van der Waals surface area contributed by atoms with Crippen LogP contribution in [-0.2, 0) is 11.3 Å². The molecule has 2 aromatic heterocycles. The first-order valence-corrected chi connectivity index (χ1v) is 6.49. The maximum Gasteiger partial charge on any atom is 0.305 e. The van der Waals surface area contributed by atoms with E-state index in [-0.39, 0.29) is 35.3 Å². The lowest BCUT2D eigenvalue weighted by molar-refractivity contribution is -0.137. The molecular weight excluding hydrogens is 312 g/mol. The van der Waals surface area contributed by atoms with Crippen LogP contribution in [0, 0.1) is 11.6 Å². The Hall–Kier alpha value is -3.10. The minimum Gasteiger partial charge on any atom is -0.481 e. The van der Waals surface area contributed by atoms with Gasteiger partial charge in [-0.1, -0.05) is 5.16 Å². The molecule has 118 valence electrons. The van der Waals surface area contributed by atoms with E-state index >= 15 is 0 Å². The average molecular weight is 321 g/mol. The Labute approximate surface area is 126 Å². The van der Waals surface area contributed by atoms with Gasteiger partial charge in [0.2, 0.25) is 0 Å². The summed E-state index contributed by atoms with van der Waals surface area (Å²) in [4.78, 5) is 26.9.